The van der Waals surface area contributed by atoms with Crippen LogP contribution in [0.4, 0.5) is 5.69 Å². The second-order valence-electron chi connectivity index (χ2n) is 3.08. The van der Waals surface area contributed by atoms with E-state index in [1.165, 1.54) is 0 Å². The van der Waals surface area contributed by atoms with E-state index in [0.717, 1.165) is 17.9 Å². The minimum Gasteiger partial charge on any atom is -0.359 e. The molecule has 1 heterocycles. The molecule has 0 saturated heterocycles. The number of nitrogens with one attached hydrogen (secondary N) is 2. The minimum atomic E-state index is 0.591. The van der Waals surface area contributed by atoms with Gasteiger partial charge in [-0.2, -0.15) is 5.10 Å². The Bertz CT molecular complexity index is 356. The maximum Gasteiger partial charge on any atom is 0.171 e. The number of rotatable bonds is 4. The van der Waals surface area contributed by atoms with Crippen molar-refractivity contribution in [2.45, 2.75) is 20.4 Å². The average Bonchev–Trinajstić information content (AvgIpc) is 2.57. The van der Waals surface area contributed by atoms with Gasteiger partial charge in [-0.3, -0.25) is 4.68 Å². The fourth-order valence-electron chi connectivity index (χ4n) is 1.22. The van der Waals surface area contributed by atoms with Gasteiger partial charge in [0.25, 0.3) is 0 Å². The largest absolute Gasteiger partial charge is 0.359 e. The molecule has 1 aromatic heterocycles. The van der Waals surface area contributed by atoms with Gasteiger partial charge < -0.3 is 10.6 Å². The van der Waals surface area contributed by atoms with Crippen LogP contribution in [0, 0.1) is 6.92 Å². The van der Waals surface area contributed by atoms with Gasteiger partial charge in [0, 0.05) is 13.1 Å². The van der Waals surface area contributed by atoms with E-state index in [0.29, 0.717) is 11.7 Å². The molecule has 0 spiro atoms. The Kier molecular flexibility index (Phi) is 4.30. The standard InChI is InChI=1S/C10H16N4S/c1-4-6-11-10(15)13-9-7-12-14(5-2)8(9)3/h4,7H,1,5-6H2,2-3H3,(H2,11,13,15). The number of hydrogen-bond acceptors (Lipinski definition) is 2. The van der Waals surface area contributed by atoms with Gasteiger partial charge in [-0.05, 0) is 26.1 Å². The van der Waals surface area contributed by atoms with Gasteiger partial charge in [-0.15, -0.1) is 6.58 Å². The normalized spacial score (nSPS) is 9.73. The van der Waals surface area contributed by atoms with Gasteiger partial charge in [-0.1, -0.05) is 6.08 Å². The first-order valence-electron chi connectivity index (χ1n) is 4.87. The van der Waals surface area contributed by atoms with Crippen LogP contribution in [0.3, 0.4) is 0 Å². The van der Waals surface area contributed by atoms with Gasteiger partial charge in [0.1, 0.15) is 0 Å². The van der Waals surface area contributed by atoms with E-state index in [4.69, 9.17) is 12.2 Å². The molecule has 2 N–H and O–H groups in total. The van der Waals surface area contributed by atoms with Gasteiger partial charge in [0.2, 0.25) is 0 Å². The molecule has 82 valence electrons. The zero-order valence-electron chi connectivity index (χ0n) is 9.08. The Morgan fingerprint density at radius 2 is 2.47 bits per heavy atom. The molecule has 15 heavy (non-hydrogen) atoms. The Morgan fingerprint density at radius 1 is 1.73 bits per heavy atom. The summed E-state index contributed by atoms with van der Waals surface area (Å²) in [6, 6.07) is 0. The quantitative estimate of drug-likeness (QED) is 0.603. The van der Waals surface area contributed by atoms with E-state index in [9.17, 15) is 0 Å². The van der Waals surface area contributed by atoms with Crippen LogP contribution in [0.15, 0.2) is 18.9 Å². The molecule has 0 atom stereocenters. The minimum absolute atomic E-state index is 0.591. The molecule has 5 heteroatoms. The maximum absolute atomic E-state index is 5.10. The lowest BCUT2D eigenvalue weighted by Gasteiger charge is -2.08. The molecular formula is C10H16N4S. The predicted molar refractivity (Wildman–Crippen MR) is 67.1 cm³/mol. The summed E-state index contributed by atoms with van der Waals surface area (Å²) in [7, 11) is 0. The summed E-state index contributed by atoms with van der Waals surface area (Å²) in [5.41, 5.74) is 2.03. The number of anilines is 1. The lowest BCUT2D eigenvalue weighted by molar-refractivity contribution is 0.640. The molecule has 0 aliphatic rings. The van der Waals surface area contributed by atoms with Crippen molar-refractivity contribution in [3.63, 3.8) is 0 Å². The van der Waals surface area contributed by atoms with E-state index >= 15 is 0 Å². The molecule has 0 aliphatic heterocycles. The van der Waals surface area contributed by atoms with Crippen LogP contribution in [-0.4, -0.2) is 21.4 Å². The number of nitrogens with zero attached hydrogens (tertiary/aromatic N) is 2. The summed E-state index contributed by atoms with van der Waals surface area (Å²) in [6.45, 7) is 9.19. The third-order valence-electron chi connectivity index (χ3n) is 2.06. The number of hydrogen-bond donors (Lipinski definition) is 2. The molecular weight excluding hydrogens is 208 g/mol. The van der Waals surface area contributed by atoms with E-state index < -0.39 is 0 Å². The van der Waals surface area contributed by atoms with Crippen molar-refractivity contribution in [3.8, 4) is 0 Å². The molecule has 0 aliphatic carbocycles. The Hall–Kier alpha value is -1.36. The highest BCUT2D eigenvalue weighted by atomic mass is 32.1. The molecule has 0 saturated carbocycles. The SMILES string of the molecule is C=CCNC(=S)Nc1cnn(CC)c1C. The molecule has 0 aromatic carbocycles. The molecule has 0 bridgehead atoms. The third kappa shape index (κ3) is 3.06. The van der Waals surface area contributed by atoms with Crippen LogP contribution in [0.25, 0.3) is 0 Å². The van der Waals surface area contributed by atoms with Crippen molar-refractivity contribution >= 4 is 23.0 Å². The van der Waals surface area contributed by atoms with Crippen molar-refractivity contribution in [1.29, 1.82) is 0 Å². The molecule has 1 rings (SSSR count). The van der Waals surface area contributed by atoms with Gasteiger partial charge in [0.15, 0.2) is 5.11 Å². The fraction of sp³-hybridized carbons (Fsp3) is 0.400. The van der Waals surface area contributed by atoms with E-state index in [1.807, 2.05) is 11.6 Å². The lowest BCUT2D eigenvalue weighted by Crippen LogP contribution is -2.28. The van der Waals surface area contributed by atoms with Crippen LogP contribution in [0.2, 0.25) is 0 Å². The summed E-state index contributed by atoms with van der Waals surface area (Å²) in [4.78, 5) is 0. The first-order valence-corrected chi connectivity index (χ1v) is 5.28. The van der Waals surface area contributed by atoms with Crippen molar-refractivity contribution in [3.05, 3.63) is 24.5 Å². The van der Waals surface area contributed by atoms with Crippen LogP contribution < -0.4 is 10.6 Å². The second kappa shape index (κ2) is 5.50. The van der Waals surface area contributed by atoms with E-state index in [1.54, 1.807) is 12.3 Å². The molecule has 0 fully saturated rings. The monoisotopic (exact) mass is 224 g/mol. The molecule has 0 amide bonds. The average molecular weight is 224 g/mol. The van der Waals surface area contributed by atoms with Gasteiger partial charge in [0.05, 0.1) is 17.6 Å². The van der Waals surface area contributed by atoms with Crippen molar-refractivity contribution in [1.82, 2.24) is 15.1 Å². The Morgan fingerprint density at radius 3 is 3.00 bits per heavy atom. The molecule has 0 radical (unpaired) electrons. The van der Waals surface area contributed by atoms with Crippen LogP contribution >= 0.6 is 12.2 Å². The van der Waals surface area contributed by atoms with Crippen LogP contribution in [-0.2, 0) is 6.54 Å². The highest BCUT2D eigenvalue weighted by Crippen LogP contribution is 2.12. The van der Waals surface area contributed by atoms with E-state index in [-0.39, 0.29) is 0 Å². The summed E-state index contributed by atoms with van der Waals surface area (Å²) in [6.07, 6.45) is 3.54. The molecule has 0 unspecified atom stereocenters. The second-order valence-corrected chi connectivity index (χ2v) is 3.49. The van der Waals surface area contributed by atoms with Gasteiger partial charge >= 0.3 is 0 Å². The first kappa shape index (κ1) is 11.7. The van der Waals surface area contributed by atoms with Crippen LogP contribution in [0.1, 0.15) is 12.6 Å². The van der Waals surface area contributed by atoms with Crippen molar-refractivity contribution in [2.75, 3.05) is 11.9 Å². The van der Waals surface area contributed by atoms with Crippen molar-refractivity contribution < 1.29 is 0 Å². The van der Waals surface area contributed by atoms with E-state index in [2.05, 4.69) is 29.2 Å². The Balaban J connectivity index is 2.60. The zero-order chi connectivity index (χ0) is 11.3. The van der Waals surface area contributed by atoms with Crippen molar-refractivity contribution in [2.24, 2.45) is 0 Å². The van der Waals surface area contributed by atoms with Gasteiger partial charge in [-0.25, -0.2) is 0 Å². The third-order valence-corrected chi connectivity index (χ3v) is 2.30. The summed E-state index contributed by atoms with van der Waals surface area (Å²) >= 11 is 5.10. The highest BCUT2D eigenvalue weighted by Gasteiger charge is 2.05. The smallest absolute Gasteiger partial charge is 0.171 e. The zero-order valence-corrected chi connectivity index (χ0v) is 9.90. The molecule has 4 nitrogen and oxygen atoms in total. The topological polar surface area (TPSA) is 41.9 Å². The number of aromatic nitrogens is 2. The fourth-order valence-corrected chi connectivity index (χ4v) is 1.41. The molecule has 1 aromatic rings. The lowest BCUT2D eigenvalue weighted by atomic mass is 10.4. The first-order chi connectivity index (χ1) is 7.19. The van der Waals surface area contributed by atoms with Crippen LogP contribution in [0.5, 0.6) is 0 Å². The number of aryl methyl sites for hydroxylation is 1. The summed E-state index contributed by atoms with van der Waals surface area (Å²) < 4.78 is 1.92. The summed E-state index contributed by atoms with van der Waals surface area (Å²) in [5, 5.41) is 10.9. The highest BCUT2D eigenvalue weighted by molar-refractivity contribution is 7.80. The number of thiocarbonyl (C=S) groups is 1. The summed E-state index contributed by atoms with van der Waals surface area (Å²) in [5.74, 6) is 0. The predicted octanol–water partition coefficient (Wildman–Crippen LogP) is 1.68. The maximum atomic E-state index is 5.10. The Labute approximate surface area is 95.4 Å².